The zero-order valence-electron chi connectivity index (χ0n) is 21.2. The number of carbonyl (C=O) groups excluding carboxylic acids is 2. The summed E-state index contributed by atoms with van der Waals surface area (Å²) >= 11 is 0. The highest BCUT2D eigenvalue weighted by Crippen LogP contribution is 2.39. The molecule has 190 valence electrons. The Morgan fingerprint density at radius 3 is 2.66 bits per heavy atom. The van der Waals surface area contributed by atoms with Crippen molar-refractivity contribution in [3.8, 4) is 11.4 Å². The van der Waals surface area contributed by atoms with Gasteiger partial charge < -0.3 is 14.4 Å². The van der Waals surface area contributed by atoms with E-state index in [4.69, 9.17) is 9.72 Å². The summed E-state index contributed by atoms with van der Waals surface area (Å²) in [6.07, 6.45) is 4.23. The highest BCUT2D eigenvalue weighted by molar-refractivity contribution is 6.08. The molecule has 0 aliphatic carbocycles. The molecule has 0 saturated carbocycles. The normalized spacial score (nSPS) is 17.8. The first kappa shape index (κ1) is 24.0. The standard InChI is InChI=1S/C31H26N2O5/c1-3-18-10-11-19(12-13-26(34)20-8-6-5-7-9-20)22-14-21-16-33-25(28(21)32-27(18)22)15-24-23(29(33)35)17-38-30(36)31(24,37)4-2/h5-15,37H,3-4,16-17H2,1-2H3/b13-12+/t31-/m0/s1. The number of aliphatic hydroxyl groups is 1. The molecule has 7 nitrogen and oxygen atoms in total. The fourth-order valence-electron chi connectivity index (χ4n) is 5.44. The van der Waals surface area contributed by atoms with Crippen LogP contribution in [0.15, 0.2) is 65.5 Å². The van der Waals surface area contributed by atoms with E-state index in [9.17, 15) is 19.5 Å². The van der Waals surface area contributed by atoms with Crippen LogP contribution in [0, 0.1) is 0 Å². The number of esters is 1. The van der Waals surface area contributed by atoms with E-state index in [1.165, 1.54) is 0 Å². The van der Waals surface area contributed by atoms with Gasteiger partial charge in [-0.25, -0.2) is 9.78 Å². The molecule has 0 saturated heterocycles. The average Bonchev–Trinajstić information content (AvgIpc) is 3.31. The molecule has 2 aromatic carbocycles. The maximum absolute atomic E-state index is 13.5. The highest BCUT2D eigenvalue weighted by Gasteiger charge is 2.45. The van der Waals surface area contributed by atoms with E-state index in [1.807, 2.05) is 42.5 Å². The molecule has 4 aromatic rings. The molecule has 38 heavy (non-hydrogen) atoms. The summed E-state index contributed by atoms with van der Waals surface area (Å²) < 4.78 is 6.79. The fourth-order valence-corrected chi connectivity index (χ4v) is 5.44. The van der Waals surface area contributed by atoms with Crippen molar-refractivity contribution in [2.45, 2.75) is 45.4 Å². The molecule has 7 heteroatoms. The molecule has 0 fully saturated rings. The minimum absolute atomic E-state index is 0.0860. The zero-order valence-corrected chi connectivity index (χ0v) is 21.2. The van der Waals surface area contributed by atoms with Crippen molar-refractivity contribution in [2.24, 2.45) is 0 Å². The van der Waals surface area contributed by atoms with E-state index < -0.39 is 11.6 Å². The van der Waals surface area contributed by atoms with Crippen LogP contribution in [0.25, 0.3) is 28.4 Å². The van der Waals surface area contributed by atoms with Gasteiger partial charge >= 0.3 is 5.97 Å². The highest BCUT2D eigenvalue weighted by atomic mass is 16.6. The summed E-state index contributed by atoms with van der Waals surface area (Å²) in [5.41, 5.74) is 3.86. The minimum atomic E-state index is -1.86. The predicted octanol–water partition coefficient (Wildman–Crippen LogP) is 4.54. The van der Waals surface area contributed by atoms with E-state index in [1.54, 1.807) is 35.8 Å². The van der Waals surface area contributed by atoms with E-state index in [0.29, 0.717) is 34.6 Å². The summed E-state index contributed by atoms with van der Waals surface area (Å²) in [4.78, 5) is 43.6. The molecule has 0 radical (unpaired) electrons. The second kappa shape index (κ2) is 8.89. The Morgan fingerprint density at radius 2 is 1.92 bits per heavy atom. The Hall–Kier alpha value is -4.36. The van der Waals surface area contributed by atoms with Crippen molar-refractivity contribution in [1.29, 1.82) is 0 Å². The van der Waals surface area contributed by atoms with Crippen LogP contribution in [0.4, 0.5) is 0 Å². The lowest BCUT2D eigenvalue weighted by Gasteiger charge is -2.31. The second-order valence-electron chi connectivity index (χ2n) is 9.73. The number of fused-ring (bicyclic) bond motifs is 5. The second-order valence-corrected chi connectivity index (χ2v) is 9.73. The van der Waals surface area contributed by atoms with Gasteiger partial charge in [-0.3, -0.25) is 9.59 Å². The fraction of sp³-hybridized carbons (Fsp3) is 0.226. The van der Waals surface area contributed by atoms with Gasteiger partial charge in [0.15, 0.2) is 11.4 Å². The number of ether oxygens (including phenoxy) is 1. The maximum atomic E-state index is 13.5. The van der Waals surface area contributed by atoms with Crippen molar-refractivity contribution in [1.82, 2.24) is 9.55 Å². The lowest BCUT2D eigenvalue weighted by atomic mass is 9.86. The number of allylic oxidation sites excluding steroid dienone is 1. The molecule has 2 aliphatic heterocycles. The van der Waals surface area contributed by atoms with Crippen molar-refractivity contribution in [3.63, 3.8) is 0 Å². The van der Waals surface area contributed by atoms with Gasteiger partial charge in [-0.2, -0.15) is 0 Å². The third-order valence-corrected chi connectivity index (χ3v) is 7.65. The topological polar surface area (TPSA) is 98.5 Å². The van der Waals surface area contributed by atoms with Gasteiger partial charge in [0.2, 0.25) is 0 Å². The van der Waals surface area contributed by atoms with Gasteiger partial charge in [0.05, 0.1) is 29.0 Å². The number of aromatic nitrogens is 2. The smallest absolute Gasteiger partial charge is 0.343 e. The Labute approximate surface area is 219 Å². The molecule has 4 heterocycles. The van der Waals surface area contributed by atoms with Gasteiger partial charge in [0.1, 0.15) is 6.61 Å². The monoisotopic (exact) mass is 506 g/mol. The Kier molecular flexibility index (Phi) is 5.61. The Morgan fingerprint density at radius 1 is 1.13 bits per heavy atom. The first-order valence-electron chi connectivity index (χ1n) is 12.8. The van der Waals surface area contributed by atoms with Gasteiger partial charge in [-0.05, 0) is 42.2 Å². The van der Waals surface area contributed by atoms with Crippen LogP contribution in [-0.2, 0) is 34.7 Å². The summed E-state index contributed by atoms with van der Waals surface area (Å²) in [5, 5.41) is 12.0. The molecule has 0 amide bonds. The number of pyridine rings is 2. The van der Waals surface area contributed by atoms with Gasteiger partial charge in [-0.1, -0.05) is 62.4 Å². The van der Waals surface area contributed by atoms with Crippen LogP contribution in [0.3, 0.4) is 0 Å². The van der Waals surface area contributed by atoms with Gasteiger partial charge in [-0.15, -0.1) is 0 Å². The van der Waals surface area contributed by atoms with Crippen LogP contribution >= 0.6 is 0 Å². The summed E-state index contributed by atoms with van der Waals surface area (Å²) in [6.45, 7) is 3.90. The summed E-state index contributed by atoms with van der Waals surface area (Å²) in [7, 11) is 0. The SMILES string of the molecule is CCc1ccc(/C=C/C(=O)c2ccccc2)c2cc3c(nc12)-c1cc2c(c(=O)n1C3)COC(=O)[C@]2(O)CC. The molecular weight excluding hydrogens is 480 g/mol. The van der Waals surface area contributed by atoms with Crippen LogP contribution in [0.2, 0.25) is 0 Å². The van der Waals surface area contributed by atoms with Crippen LogP contribution in [-0.4, -0.2) is 26.4 Å². The average molecular weight is 507 g/mol. The van der Waals surface area contributed by atoms with E-state index in [2.05, 4.69) is 6.92 Å². The van der Waals surface area contributed by atoms with Crippen LogP contribution < -0.4 is 5.56 Å². The zero-order chi connectivity index (χ0) is 26.6. The maximum Gasteiger partial charge on any atom is 0.343 e. The number of ketones is 1. The lowest BCUT2D eigenvalue weighted by molar-refractivity contribution is -0.172. The molecule has 6 rings (SSSR count). The Bertz CT molecular complexity index is 1740. The predicted molar refractivity (Wildman–Crippen MR) is 144 cm³/mol. The van der Waals surface area contributed by atoms with E-state index >= 15 is 0 Å². The molecule has 2 aliphatic rings. The third-order valence-electron chi connectivity index (χ3n) is 7.65. The number of rotatable bonds is 5. The quantitative estimate of drug-likeness (QED) is 0.214. The van der Waals surface area contributed by atoms with Crippen LogP contribution in [0.5, 0.6) is 0 Å². The van der Waals surface area contributed by atoms with E-state index in [0.717, 1.165) is 34.0 Å². The Balaban J connectivity index is 1.50. The third kappa shape index (κ3) is 3.54. The first-order valence-corrected chi connectivity index (χ1v) is 12.8. The number of aryl methyl sites for hydroxylation is 1. The van der Waals surface area contributed by atoms with Crippen molar-refractivity contribution >= 4 is 28.7 Å². The van der Waals surface area contributed by atoms with Crippen molar-refractivity contribution in [3.05, 3.63) is 104 Å². The number of benzene rings is 2. The molecular formula is C31H26N2O5. The number of hydrogen-bond donors (Lipinski definition) is 1. The minimum Gasteiger partial charge on any atom is -0.458 e. The number of cyclic esters (lactones) is 1. The largest absolute Gasteiger partial charge is 0.458 e. The number of nitrogens with zero attached hydrogens (tertiary/aromatic N) is 2. The van der Waals surface area contributed by atoms with Gasteiger partial charge in [0, 0.05) is 22.1 Å². The summed E-state index contributed by atoms with van der Waals surface area (Å²) in [5.74, 6) is -0.826. The van der Waals surface area contributed by atoms with Gasteiger partial charge in [0.25, 0.3) is 5.56 Å². The summed E-state index contributed by atoms with van der Waals surface area (Å²) in [6, 6.07) is 16.9. The lowest BCUT2D eigenvalue weighted by Crippen LogP contribution is -2.44. The van der Waals surface area contributed by atoms with Crippen molar-refractivity contribution in [2.75, 3.05) is 0 Å². The molecule has 2 aromatic heterocycles. The molecule has 0 spiro atoms. The first-order chi connectivity index (χ1) is 18.4. The number of hydrogen-bond acceptors (Lipinski definition) is 6. The van der Waals surface area contributed by atoms with Crippen molar-refractivity contribution < 1.29 is 19.4 Å². The van der Waals surface area contributed by atoms with Crippen LogP contribution in [0.1, 0.15) is 58.4 Å². The molecule has 1 atom stereocenters. The molecule has 0 unspecified atom stereocenters. The number of carbonyl (C=O) groups is 2. The molecule has 0 bridgehead atoms. The van der Waals surface area contributed by atoms with E-state index in [-0.39, 0.29) is 24.4 Å². The molecule has 1 N–H and O–H groups in total.